The standard InChI is InChI=1S/C16H18N2O3/c19-16(13-3-1-7-17-11-13)18(12-15-4-2-8-21-15)14-5-9-20-10-6-14/h1-4,7-8,11,14H,5-6,9-10,12H2. The second kappa shape index (κ2) is 6.54. The highest BCUT2D eigenvalue weighted by Crippen LogP contribution is 2.20. The molecule has 3 heterocycles. The van der Waals surface area contributed by atoms with Gasteiger partial charge in [0.1, 0.15) is 5.76 Å². The Balaban J connectivity index is 1.82. The lowest BCUT2D eigenvalue weighted by atomic mass is 10.1. The molecule has 1 fully saturated rings. The van der Waals surface area contributed by atoms with Gasteiger partial charge in [0.25, 0.3) is 5.91 Å². The largest absolute Gasteiger partial charge is 0.467 e. The Labute approximate surface area is 123 Å². The summed E-state index contributed by atoms with van der Waals surface area (Å²) < 4.78 is 10.8. The minimum atomic E-state index is -0.00796. The quantitative estimate of drug-likeness (QED) is 0.866. The molecule has 2 aromatic rings. The normalized spacial score (nSPS) is 15.8. The van der Waals surface area contributed by atoms with Crippen LogP contribution in [0.25, 0.3) is 0 Å². The SMILES string of the molecule is O=C(c1cccnc1)N(Cc1ccco1)C1CCOCC1. The van der Waals surface area contributed by atoms with E-state index in [0.717, 1.165) is 18.6 Å². The number of carbonyl (C=O) groups excluding carboxylic acids is 1. The fourth-order valence-corrected chi connectivity index (χ4v) is 2.59. The first-order chi connectivity index (χ1) is 10.3. The first-order valence-electron chi connectivity index (χ1n) is 7.16. The third-order valence-electron chi connectivity index (χ3n) is 3.71. The Bertz CT molecular complexity index is 562. The molecule has 0 saturated carbocycles. The van der Waals surface area contributed by atoms with Crippen LogP contribution in [0, 0.1) is 0 Å². The summed E-state index contributed by atoms with van der Waals surface area (Å²) in [5.41, 5.74) is 0.607. The number of hydrogen-bond acceptors (Lipinski definition) is 4. The van der Waals surface area contributed by atoms with Crippen LogP contribution in [0.5, 0.6) is 0 Å². The van der Waals surface area contributed by atoms with Gasteiger partial charge in [-0.05, 0) is 37.1 Å². The van der Waals surface area contributed by atoms with Crippen molar-refractivity contribution < 1.29 is 13.9 Å². The maximum Gasteiger partial charge on any atom is 0.256 e. The van der Waals surface area contributed by atoms with Crippen LogP contribution >= 0.6 is 0 Å². The zero-order chi connectivity index (χ0) is 14.5. The highest BCUT2D eigenvalue weighted by Gasteiger charge is 2.27. The fourth-order valence-electron chi connectivity index (χ4n) is 2.59. The lowest BCUT2D eigenvalue weighted by Crippen LogP contribution is -2.42. The summed E-state index contributed by atoms with van der Waals surface area (Å²) in [7, 11) is 0. The van der Waals surface area contributed by atoms with Gasteiger partial charge in [-0.15, -0.1) is 0 Å². The molecule has 0 atom stereocenters. The third-order valence-corrected chi connectivity index (χ3v) is 3.71. The molecule has 0 unspecified atom stereocenters. The molecule has 5 heteroatoms. The number of carbonyl (C=O) groups is 1. The van der Waals surface area contributed by atoms with E-state index in [1.807, 2.05) is 17.0 Å². The van der Waals surface area contributed by atoms with Gasteiger partial charge in [0, 0.05) is 31.6 Å². The monoisotopic (exact) mass is 286 g/mol. The van der Waals surface area contributed by atoms with E-state index in [4.69, 9.17) is 9.15 Å². The summed E-state index contributed by atoms with van der Waals surface area (Å²) in [5, 5.41) is 0. The maximum absolute atomic E-state index is 12.8. The number of amides is 1. The predicted molar refractivity (Wildman–Crippen MR) is 76.7 cm³/mol. The Hall–Kier alpha value is -2.14. The fraction of sp³-hybridized carbons (Fsp3) is 0.375. The molecular formula is C16H18N2O3. The molecule has 3 rings (SSSR count). The summed E-state index contributed by atoms with van der Waals surface area (Å²) in [6, 6.07) is 7.48. The Morgan fingerprint density at radius 2 is 2.14 bits per heavy atom. The van der Waals surface area contributed by atoms with E-state index in [2.05, 4.69) is 4.98 Å². The zero-order valence-corrected chi connectivity index (χ0v) is 11.8. The zero-order valence-electron chi connectivity index (χ0n) is 11.8. The van der Waals surface area contributed by atoms with Gasteiger partial charge >= 0.3 is 0 Å². The Morgan fingerprint density at radius 3 is 2.81 bits per heavy atom. The highest BCUT2D eigenvalue weighted by molar-refractivity contribution is 5.94. The molecule has 0 N–H and O–H groups in total. The van der Waals surface area contributed by atoms with Gasteiger partial charge in [-0.25, -0.2) is 0 Å². The van der Waals surface area contributed by atoms with Crippen molar-refractivity contribution in [3.05, 3.63) is 54.2 Å². The predicted octanol–water partition coefficient (Wildman–Crippen LogP) is 2.50. The molecular weight excluding hydrogens is 268 g/mol. The first-order valence-corrected chi connectivity index (χ1v) is 7.16. The van der Waals surface area contributed by atoms with Gasteiger partial charge in [0.05, 0.1) is 18.4 Å². The van der Waals surface area contributed by atoms with Crippen LogP contribution in [0.4, 0.5) is 0 Å². The molecule has 0 aliphatic carbocycles. The van der Waals surface area contributed by atoms with Gasteiger partial charge in [0.2, 0.25) is 0 Å². The van der Waals surface area contributed by atoms with E-state index in [1.54, 1.807) is 30.8 Å². The van der Waals surface area contributed by atoms with Gasteiger partial charge in [-0.1, -0.05) is 0 Å². The summed E-state index contributed by atoms with van der Waals surface area (Å²) in [6.45, 7) is 1.87. The van der Waals surface area contributed by atoms with Gasteiger partial charge in [-0.3, -0.25) is 9.78 Å². The summed E-state index contributed by atoms with van der Waals surface area (Å²) in [4.78, 5) is 18.7. The average molecular weight is 286 g/mol. The second-order valence-electron chi connectivity index (χ2n) is 5.10. The van der Waals surface area contributed by atoms with E-state index >= 15 is 0 Å². The van der Waals surface area contributed by atoms with Crippen LogP contribution in [-0.2, 0) is 11.3 Å². The molecule has 0 bridgehead atoms. The number of ether oxygens (including phenoxy) is 1. The van der Waals surface area contributed by atoms with Crippen LogP contribution in [0.3, 0.4) is 0 Å². The van der Waals surface area contributed by atoms with Crippen LogP contribution in [0.15, 0.2) is 47.3 Å². The molecule has 1 saturated heterocycles. The molecule has 2 aromatic heterocycles. The van der Waals surface area contributed by atoms with E-state index in [0.29, 0.717) is 25.3 Å². The van der Waals surface area contributed by atoms with Gasteiger partial charge in [0.15, 0.2) is 0 Å². The van der Waals surface area contributed by atoms with E-state index in [9.17, 15) is 4.79 Å². The van der Waals surface area contributed by atoms with Crippen molar-refractivity contribution in [3.63, 3.8) is 0 Å². The van der Waals surface area contributed by atoms with Crippen molar-refractivity contribution in [1.82, 2.24) is 9.88 Å². The first kappa shape index (κ1) is 13.8. The summed E-state index contributed by atoms with van der Waals surface area (Å²) in [5.74, 6) is 0.783. The van der Waals surface area contributed by atoms with E-state index < -0.39 is 0 Å². The molecule has 21 heavy (non-hydrogen) atoms. The van der Waals surface area contributed by atoms with Crippen LogP contribution in [0.1, 0.15) is 29.0 Å². The Morgan fingerprint density at radius 1 is 1.29 bits per heavy atom. The smallest absolute Gasteiger partial charge is 0.256 e. The number of rotatable bonds is 4. The molecule has 5 nitrogen and oxygen atoms in total. The van der Waals surface area contributed by atoms with Crippen molar-refractivity contribution in [2.24, 2.45) is 0 Å². The summed E-state index contributed by atoms with van der Waals surface area (Å²) >= 11 is 0. The Kier molecular flexibility index (Phi) is 4.31. The molecule has 1 amide bonds. The van der Waals surface area contributed by atoms with E-state index in [1.165, 1.54) is 0 Å². The number of pyridine rings is 1. The number of hydrogen-bond donors (Lipinski definition) is 0. The maximum atomic E-state index is 12.8. The number of aromatic nitrogens is 1. The van der Waals surface area contributed by atoms with Crippen molar-refractivity contribution in [2.75, 3.05) is 13.2 Å². The number of nitrogens with zero attached hydrogens (tertiary/aromatic N) is 2. The minimum absolute atomic E-state index is 0.00796. The molecule has 0 aromatic carbocycles. The highest BCUT2D eigenvalue weighted by atomic mass is 16.5. The summed E-state index contributed by atoms with van der Waals surface area (Å²) in [6.07, 6.45) is 6.62. The van der Waals surface area contributed by atoms with Gasteiger partial charge in [-0.2, -0.15) is 0 Å². The lowest BCUT2D eigenvalue weighted by Gasteiger charge is -2.33. The molecule has 1 aliphatic rings. The second-order valence-corrected chi connectivity index (χ2v) is 5.10. The number of furan rings is 1. The third kappa shape index (κ3) is 3.31. The van der Waals surface area contributed by atoms with Gasteiger partial charge < -0.3 is 14.1 Å². The molecule has 110 valence electrons. The van der Waals surface area contributed by atoms with E-state index in [-0.39, 0.29) is 11.9 Å². The van der Waals surface area contributed by atoms with Crippen molar-refractivity contribution in [2.45, 2.75) is 25.4 Å². The average Bonchev–Trinajstić information content (AvgIpc) is 3.07. The lowest BCUT2D eigenvalue weighted by molar-refractivity contribution is 0.0249. The van der Waals surface area contributed by atoms with Crippen molar-refractivity contribution in [1.29, 1.82) is 0 Å². The molecule has 0 radical (unpaired) electrons. The molecule has 1 aliphatic heterocycles. The van der Waals surface area contributed by atoms with Crippen LogP contribution < -0.4 is 0 Å². The van der Waals surface area contributed by atoms with Crippen LogP contribution in [0.2, 0.25) is 0 Å². The van der Waals surface area contributed by atoms with Crippen molar-refractivity contribution in [3.8, 4) is 0 Å². The molecule has 0 spiro atoms. The van der Waals surface area contributed by atoms with Crippen LogP contribution in [-0.4, -0.2) is 35.0 Å². The topological polar surface area (TPSA) is 55.6 Å². The minimum Gasteiger partial charge on any atom is -0.467 e. The van der Waals surface area contributed by atoms with Crippen molar-refractivity contribution >= 4 is 5.91 Å².